The molecule has 0 aliphatic carbocycles. The minimum atomic E-state index is 1.24. The van der Waals surface area contributed by atoms with Gasteiger partial charge in [0.1, 0.15) is 0 Å². The fraction of sp³-hybridized carbons (Fsp3) is 0.0400. The maximum Gasteiger partial charge on any atom is -0.00699 e. The van der Waals surface area contributed by atoms with Crippen LogP contribution in [-0.2, 0) is 0 Å². The third kappa shape index (κ3) is 25.1. The summed E-state index contributed by atoms with van der Waals surface area (Å²) in [6, 6.07) is 220. The van der Waals surface area contributed by atoms with Crippen molar-refractivity contribution in [2.75, 3.05) is 0 Å². The van der Waals surface area contributed by atoms with E-state index in [0.29, 0.717) is 0 Å². The molecular formula is C150H120. The average molecular weight is 1920 g/mol. The lowest BCUT2D eigenvalue weighted by Crippen LogP contribution is -1.92. The Kier molecular flexibility index (Phi) is 33.1. The molecule has 0 saturated carbocycles. The summed E-state index contributed by atoms with van der Waals surface area (Å²) >= 11 is 0. The zero-order chi connectivity index (χ0) is 102. The van der Waals surface area contributed by atoms with Crippen LogP contribution in [0.1, 0.15) is 33.4 Å². The van der Waals surface area contributed by atoms with Crippen molar-refractivity contribution in [3.05, 3.63) is 652 Å². The van der Waals surface area contributed by atoms with Crippen LogP contribution in [0.3, 0.4) is 0 Å². The van der Waals surface area contributed by atoms with Crippen LogP contribution >= 0.6 is 0 Å². The first-order valence-electron chi connectivity index (χ1n) is 51.8. The quantitative estimate of drug-likeness (QED) is 0.0803. The minimum absolute atomic E-state index is 1.24. The Morgan fingerprint density at radius 1 is 0.0800 bits per heavy atom. The molecule has 0 nitrogen and oxygen atoms in total. The first kappa shape index (κ1) is 100.0. The molecule has 0 bridgehead atoms. The lowest BCUT2D eigenvalue weighted by molar-refractivity contribution is 1.45. The van der Waals surface area contributed by atoms with Crippen molar-refractivity contribution >= 4 is 0 Å². The second kappa shape index (κ2) is 49.7. The predicted molar refractivity (Wildman–Crippen MR) is 645 cm³/mol. The summed E-state index contributed by atoms with van der Waals surface area (Å²) in [6.45, 7) is 13.0. The van der Waals surface area contributed by atoms with E-state index >= 15 is 0 Å². The summed E-state index contributed by atoms with van der Waals surface area (Å²) in [5, 5.41) is 0. The summed E-state index contributed by atoms with van der Waals surface area (Å²) < 4.78 is 0. The molecule has 0 saturated heterocycles. The van der Waals surface area contributed by atoms with Crippen LogP contribution in [-0.4, -0.2) is 0 Å². The van der Waals surface area contributed by atoms with E-state index in [2.05, 4.69) is 660 Å². The third-order valence-electron chi connectivity index (χ3n) is 27.4. The number of rotatable bonds is 18. The maximum atomic E-state index is 2.30. The molecule has 720 valence electrons. The highest BCUT2D eigenvalue weighted by Gasteiger charge is 2.20. The van der Waals surface area contributed by atoms with Crippen LogP contribution in [0, 0.1) is 41.5 Å². The molecule has 0 spiro atoms. The second-order valence-electron chi connectivity index (χ2n) is 38.0. The van der Waals surface area contributed by atoms with E-state index < -0.39 is 0 Å². The van der Waals surface area contributed by atoms with Gasteiger partial charge in [0.05, 0.1) is 0 Å². The van der Waals surface area contributed by atoms with Gasteiger partial charge in [-0.1, -0.05) is 605 Å². The molecule has 150 heavy (non-hydrogen) atoms. The number of benzene rings is 24. The lowest BCUT2D eigenvalue weighted by atomic mass is 9.87. The highest BCUT2D eigenvalue weighted by molar-refractivity contribution is 5.98. The van der Waals surface area contributed by atoms with Gasteiger partial charge in [-0.25, -0.2) is 0 Å². The van der Waals surface area contributed by atoms with Crippen LogP contribution in [0.25, 0.3) is 200 Å². The van der Waals surface area contributed by atoms with Gasteiger partial charge in [-0.05, 0) is 289 Å². The first-order chi connectivity index (χ1) is 73.9. The first-order valence-corrected chi connectivity index (χ1v) is 51.8. The van der Waals surface area contributed by atoms with E-state index in [1.165, 1.54) is 234 Å². The average Bonchev–Trinajstić information content (AvgIpc) is 0.786. The highest BCUT2D eigenvalue weighted by Crippen LogP contribution is 2.46. The molecule has 24 aromatic carbocycles. The Bertz CT molecular complexity index is 8350. The fourth-order valence-electron chi connectivity index (χ4n) is 20.0. The summed E-state index contributed by atoms with van der Waals surface area (Å²) in [5.41, 5.74) is 53.2. The number of hydrogen-bond acceptors (Lipinski definition) is 0. The van der Waals surface area contributed by atoms with Crippen molar-refractivity contribution in [1.29, 1.82) is 0 Å². The summed E-state index contributed by atoms with van der Waals surface area (Å²) in [6.07, 6.45) is 0. The Balaban J connectivity index is 0.000000113. The van der Waals surface area contributed by atoms with E-state index in [9.17, 15) is 0 Å². The van der Waals surface area contributed by atoms with Crippen molar-refractivity contribution in [2.45, 2.75) is 41.5 Å². The van der Waals surface area contributed by atoms with E-state index in [-0.39, 0.29) is 0 Å². The van der Waals surface area contributed by atoms with Gasteiger partial charge >= 0.3 is 0 Å². The largest absolute Gasteiger partial charge is 0.0622 e. The fourth-order valence-corrected chi connectivity index (χ4v) is 20.0. The Morgan fingerprint density at radius 3 is 0.613 bits per heavy atom. The van der Waals surface area contributed by atoms with Gasteiger partial charge in [-0.15, -0.1) is 0 Å². The maximum absolute atomic E-state index is 2.30. The summed E-state index contributed by atoms with van der Waals surface area (Å²) in [7, 11) is 0. The van der Waals surface area contributed by atoms with Crippen molar-refractivity contribution in [3.8, 4) is 200 Å². The van der Waals surface area contributed by atoms with Gasteiger partial charge in [0, 0.05) is 0 Å². The van der Waals surface area contributed by atoms with Crippen LogP contribution in [0.5, 0.6) is 0 Å². The molecule has 0 aromatic heterocycles. The second-order valence-corrected chi connectivity index (χ2v) is 38.0. The number of aryl methyl sites for hydroxylation is 6. The molecule has 0 heteroatoms. The smallest absolute Gasteiger partial charge is 0.00699 e. The van der Waals surface area contributed by atoms with Gasteiger partial charge in [0.15, 0.2) is 0 Å². The van der Waals surface area contributed by atoms with Gasteiger partial charge in [-0.3, -0.25) is 0 Å². The Labute approximate surface area is 887 Å². The monoisotopic (exact) mass is 1920 g/mol. The van der Waals surface area contributed by atoms with Gasteiger partial charge in [-0.2, -0.15) is 0 Å². The van der Waals surface area contributed by atoms with Crippen molar-refractivity contribution in [1.82, 2.24) is 0 Å². The molecule has 0 radical (unpaired) electrons. The van der Waals surface area contributed by atoms with Crippen LogP contribution in [0.2, 0.25) is 0 Å². The molecular weight excluding hydrogens is 1800 g/mol. The molecule has 0 fully saturated rings. The molecule has 0 N–H and O–H groups in total. The van der Waals surface area contributed by atoms with Crippen LogP contribution in [0.15, 0.2) is 619 Å². The third-order valence-corrected chi connectivity index (χ3v) is 27.4. The summed E-state index contributed by atoms with van der Waals surface area (Å²) in [4.78, 5) is 0. The molecule has 0 amide bonds. The van der Waals surface area contributed by atoms with Gasteiger partial charge < -0.3 is 0 Å². The molecule has 24 aromatic rings. The summed E-state index contributed by atoms with van der Waals surface area (Å²) in [5.74, 6) is 0. The minimum Gasteiger partial charge on any atom is -0.0622 e. The predicted octanol–water partition coefficient (Wildman–Crippen LogP) is 42.0. The number of hydrogen-bond donors (Lipinski definition) is 0. The van der Waals surface area contributed by atoms with Crippen molar-refractivity contribution in [3.63, 3.8) is 0 Å². The van der Waals surface area contributed by atoms with E-state index in [1.807, 2.05) is 0 Å². The topological polar surface area (TPSA) is 0 Å². The van der Waals surface area contributed by atoms with E-state index in [1.54, 1.807) is 0 Å². The van der Waals surface area contributed by atoms with Crippen molar-refractivity contribution < 1.29 is 0 Å². The van der Waals surface area contributed by atoms with E-state index in [4.69, 9.17) is 0 Å². The molecule has 24 rings (SSSR count). The van der Waals surface area contributed by atoms with E-state index in [0.717, 1.165) is 0 Å². The SMILES string of the molecule is Cc1ccc(-c2ccccc2)c(-c2ccccc2-c2ccccc2)c1.Cc1ccc(-c2ccccc2-c2ccccc2)c(-c2ccccc2)c1.Cc1cccc(-c2cc(-c3ccccc3)cc(-c3ccccc3)c2)c1.Cc1cccc(-c2ccccc2)c1-c1ccccc1-c1ccccc1.Cc1cccc(-c2ccccc2-c2ccccc2-c2ccccc2)c1.Cc1ccccc1-c1cc(-c2ccccc2)cc(-c2ccccc2)c1. The normalized spacial score (nSPS) is 10.6. The zero-order valence-electron chi connectivity index (χ0n) is 85.9. The lowest BCUT2D eigenvalue weighted by Gasteiger charge is -2.17. The van der Waals surface area contributed by atoms with Gasteiger partial charge in [0.2, 0.25) is 0 Å². The Hall–Kier alpha value is -18.7. The Morgan fingerprint density at radius 2 is 0.273 bits per heavy atom. The standard InChI is InChI=1S/6C25H20/c1-19-11-10-18-23(21-14-6-3-7-15-21)25(19)24-17-9-8-16-22(24)20-12-4-2-5-13-20;1-19-10-8-9-15-25(19)24-17-22(20-11-4-2-5-12-20)16-23(18-24)21-13-6-3-7-14-21;1-19-9-8-14-22(15-19)25-17-23(20-10-4-2-5-11-20)16-24(18-25)21-12-6-3-7-13-21;1-19-16-17-23(21-12-6-3-7-13-21)25(18-19)24-15-9-8-14-22(24)20-10-4-2-5-11-20;1-19-16-17-24(25(18-19)21-12-6-3-7-13-21)23-15-9-8-14-22(23)20-10-4-2-5-11-20;1-19-10-9-13-21(18-19)23-15-6-8-17-25(23)24-16-7-5-14-22(24)20-11-3-2-4-12-20/h6*2-18H,1H3. The molecule has 0 heterocycles. The molecule has 0 aliphatic rings. The molecule has 0 unspecified atom stereocenters. The van der Waals surface area contributed by atoms with Gasteiger partial charge in [0.25, 0.3) is 0 Å². The van der Waals surface area contributed by atoms with Crippen molar-refractivity contribution in [2.24, 2.45) is 0 Å². The van der Waals surface area contributed by atoms with Crippen LogP contribution < -0.4 is 0 Å². The van der Waals surface area contributed by atoms with Crippen LogP contribution in [0.4, 0.5) is 0 Å². The molecule has 0 atom stereocenters. The molecule has 0 aliphatic heterocycles. The zero-order valence-corrected chi connectivity index (χ0v) is 85.9. The highest BCUT2D eigenvalue weighted by atomic mass is 14.2.